The van der Waals surface area contributed by atoms with Gasteiger partial charge in [-0.3, -0.25) is 14.3 Å². The first-order valence-electron chi connectivity index (χ1n) is 22.5. The highest BCUT2D eigenvalue weighted by Crippen LogP contribution is 2.38. The SMILES string of the molecule is CCNC(=O)c1cc2c(-c3cccc(OCCC4CCN(C(=O)CCOC(=O)N5CCC(n6cc(C7=CN=C(N)C(OC(C)c8c(Cl)ccc(F)c8Cl)C7)cn6)CC5)CC4)c3)nc(N)nc2s1. The number of ether oxygens (including phenoxy) is 3. The van der Waals surface area contributed by atoms with Crippen molar-refractivity contribution in [2.45, 2.75) is 77.0 Å². The van der Waals surface area contributed by atoms with E-state index < -0.39 is 24.1 Å². The summed E-state index contributed by atoms with van der Waals surface area (Å²) in [4.78, 5) is 56.5. The first-order chi connectivity index (χ1) is 32.3. The Morgan fingerprint density at radius 3 is 2.54 bits per heavy atom. The van der Waals surface area contributed by atoms with Crippen LogP contribution in [0, 0.1) is 11.7 Å². The van der Waals surface area contributed by atoms with E-state index >= 15 is 0 Å². The molecule has 3 amide bonds. The van der Waals surface area contributed by atoms with Crippen LogP contribution in [-0.4, -0.2) is 105 Å². The number of nitrogens with zero attached hydrogens (tertiary/aromatic N) is 7. The van der Waals surface area contributed by atoms with Crippen molar-refractivity contribution in [1.29, 1.82) is 0 Å². The van der Waals surface area contributed by atoms with Gasteiger partial charge < -0.3 is 40.8 Å². The van der Waals surface area contributed by atoms with E-state index in [-0.39, 0.29) is 41.9 Å². The van der Waals surface area contributed by atoms with Gasteiger partial charge in [-0.05, 0) is 87.8 Å². The minimum absolute atomic E-state index is 0.0232. The molecule has 0 aliphatic carbocycles. The molecule has 20 heteroatoms. The molecule has 16 nitrogen and oxygen atoms in total. The molecule has 8 rings (SSSR count). The predicted molar refractivity (Wildman–Crippen MR) is 257 cm³/mol. The van der Waals surface area contributed by atoms with Crippen LogP contribution in [0.3, 0.4) is 0 Å². The molecule has 354 valence electrons. The molecule has 0 spiro atoms. The maximum Gasteiger partial charge on any atom is 0.409 e. The molecular weight excluding hydrogens is 923 g/mol. The first kappa shape index (κ1) is 47.7. The third-order valence-electron chi connectivity index (χ3n) is 12.4. The molecule has 5 aromatic rings. The highest BCUT2D eigenvalue weighted by molar-refractivity contribution is 7.20. The number of nitrogen functional groups attached to an aromatic ring is 1. The van der Waals surface area contributed by atoms with E-state index in [0.717, 1.165) is 41.3 Å². The largest absolute Gasteiger partial charge is 0.494 e. The first-order valence-corrected chi connectivity index (χ1v) is 24.1. The Bertz CT molecular complexity index is 2680. The number of fused-ring (bicyclic) bond motifs is 1. The summed E-state index contributed by atoms with van der Waals surface area (Å²) in [7, 11) is 0. The second-order valence-corrected chi connectivity index (χ2v) is 18.7. The molecule has 67 heavy (non-hydrogen) atoms. The molecule has 2 fully saturated rings. The number of carbonyl (C=O) groups excluding carboxylic acids is 3. The predicted octanol–water partition coefficient (Wildman–Crippen LogP) is 8.45. The normalized spacial score (nSPS) is 17.5. The van der Waals surface area contributed by atoms with Crippen LogP contribution >= 0.6 is 34.5 Å². The number of benzene rings is 2. The number of hydrogen-bond acceptors (Lipinski definition) is 13. The summed E-state index contributed by atoms with van der Waals surface area (Å²) in [5, 5.41) is 8.41. The number of thiophene rings is 1. The number of likely N-dealkylation sites (tertiary alicyclic amines) is 2. The Morgan fingerprint density at radius 1 is 0.985 bits per heavy atom. The van der Waals surface area contributed by atoms with Crippen molar-refractivity contribution in [3.8, 4) is 17.0 Å². The highest BCUT2D eigenvalue weighted by atomic mass is 35.5. The third-order valence-corrected chi connectivity index (χ3v) is 14.2. The zero-order valence-electron chi connectivity index (χ0n) is 37.3. The Hall–Kier alpha value is -5.82. The number of rotatable bonds is 15. The van der Waals surface area contributed by atoms with Gasteiger partial charge in [0.15, 0.2) is 0 Å². The van der Waals surface area contributed by atoms with Gasteiger partial charge in [-0.2, -0.15) is 5.10 Å². The van der Waals surface area contributed by atoms with Crippen LogP contribution in [0.15, 0.2) is 66.1 Å². The van der Waals surface area contributed by atoms with Crippen LogP contribution in [0.1, 0.15) is 91.7 Å². The molecule has 0 saturated carbocycles. The molecule has 0 bridgehead atoms. The summed E-state index contributed by atoms with van der Waals surface area (Å²) >= 11 is 13.8. The van der Waals surface area contributed by atoms with Crippen LogP contribution in [-0.2, 0) is 14.3 Å². The number of nitrogens with one attached hydrogen (secondary N) is 1. The Labute approximate surface area is 401 Å². The van der Waals surface area contributed by atoms with Crippen molar-refractivity contribution in [1.82, 2.24) is 34.9 Å². The van der Waals surface area contributed by atoms with E-state index in [1.165, 1.54) is 23.5 Å². The molecule has 3 aromatic heterocycles. The van der Waals surface area contributed by atoms with E-state index in [1.807, 2.05) is 47.0 Å². The summed E-state index contributed by atoms with van der Waals surface area (Å²) in [6, 6.07) is 12.2. The van der Waals surface area contributed by atoms with Crippen LogP contribution in [0.4, 0.5) is 15.1 Å². The second-order valence-electron chi connectivity index (χ2n) is 16.8. The van der Waals surface area contributed by atoms with Gasteiger partial charge in [-0.15, -0.1) is 11.3 Å². The molecule has 2 aromatic carbocycles. The van der Waals surface area contributed by atoms with Gasteiger partial charge in [0.2, 0.25) is 11.9 Å². The van der Waals surface area contributed by atoms with Gasteiger partial charge in [0, 0.05) is 78.6 Å². The van der Waals surface area contributed by atoms with Crippen LogP contribution < -0.4 is 21.5 Å². The highest BCUT2D eigenvalue weighted by Gasteiger charge is 2.30. The topological polar surface area (TPSA) is 205 Å². The maximum absolute atomic E-state index is 14.2. The minimum Gasteiger partial charge on any atom is -0.494 e. The number of hydrogen-bond donors (Lipinski definition) is 3. The van der Waals surface area contributed by atoms with Gasteiger partial charge in [-0.1, -0.05) is 35.3 Å². The van der Waals surface area contributed by atoms with Crippen molar-refractivity contribution >= 4 is 80.0 Å². The molecule has 5 N–H and O–H groups in total. The molecule has 3 aliphatic rings. The van der Waals surface area contributed by atoms with E-state index in [1.54, 1.807) is 30.3 Å². The lowest BCUT2D eigenvalue weighted by Crippen LogP contribution is -2.41. The van der Waals surface area contributed by atoms with Crippen LogP contribution in [0.5, 0.6) is 5.75 Å². The number of aromatic nitrogens is 4. The third kappa shape index (κ3) is 11.3. The average Bonchev–Trinajstić information content (AvgIpc) is 4.00. The van der Waals surface area contributed by atoms with E-state index in [9.17, 15) is 18.8 Å². The summed E-state index contributed by atoms with van der Waals surface area (Å²) in [5.74, 6) is 0.768. The number of nitrogens with two attached hydrogens (primary N) is 2. The number of aliphatic imine (C=N–C) groups is 1. The van der Waals surface area contributed by atoms with Gasteiger partial charge >= 0.3 is 6.09 Å². The van der Waals surface area contributed by atoms with Gasteiger partial charge in [0.1, 0.15) is 34.9 Å². The molecule has 2 unspecified atom stereocenters. The standard InChI is InChI=1S/C47H53Cl2FN10O6S/c1-3-53-44(62)38-23-34-42(56-46(52)57-45(34)67-38)29-5-4-6-33(21-29)64-19-13-28-9-15-58(16-10-28)39(61)14-20-65-47(63)59-17-11-32(12-18-59)60-26-31(25-55-60)30-22-37(43(51)54-24-30)66-27(2)40-35(48)7-8-36(50)41(40)49/h4-8,21,23-28,32,37H,3,9-20,22H2,1-2H3,(H2,51,54)(H,53,62)(H2,52,56,57). The number of carbonyl (C=O) groups is 3. The minimum atomic E-state index is -0.647. The van der Waals surface area contributed by atoms with Gasteiger partial charge in [-0.25, -0.2) is 24.1 Å². The molecule has 6 heterocycles. The lowest BCUT2D eigenvalue weighted by atomic mass is 9.94. The smallest absolute Gasteiger partial charge is 0.409 e. The lowest BCUT2D eigenvalue weighted by molar-refractivity contribution is -0.133. The Morgan fingerprint density at radius 2 is 1.76 bits per heavy atom. The summed E-state index contributed by atoms with van der Waals surface area (Å²) in [6.07, 6.45) is 8.27. The van der Waals surface area contributed by atoms with E-state index in [4.69, 9.17) is 48.9 Å². The van der Waals surface area contributed by atoms with Crippen molar-refractivity contribution in [3.05, 3.63) is 92.9 Å². The zero-order chi connectivity index (χ0) is 47.2. The number of anilines is 1. The molecule has 3 aliphatic heterocycles. The summed E-state index contributed by atoms with van der Waals surface area (Å²) < 4.78 is 34.0. The fourth-order valence-corrected chi connectivity index (χ4v) is 10.3. The van der Waals surface area contributed by atoms with Crippen molar-refractivity contribution in [2.24, 2.45) is 16.6 Å². The van der Waals surface area contributed by atoms with Gasteiger partial charge in [0.05, 0.1) is 47.0 Å². The summed E-state index contributed by atoms with van der Waals surface area (Å²) in [6.45, 7) is 6.96. The molecular formula is C47H53Cl2FN10O6S. The zero-order valence-corrected chi connectivity index (χ0v) is 39.6. The number of amides is 3. The quantitative estimate of drug-likeness (QED) is 0.0849. The van der Waals surface area contributed by atoms with Crippen molar-refractivity contribution in [2.75, 3.05) is 51.7 Å². The summed E-state index contributed by atoms with van der Waals surface area (Å²) in [5.41, 5.74) is 15.8. The molecule has 0 radical (unpaired) electrons. The Balaban J connectivity index is 0.728. The molecule has 2 saturated heterocycles. The fraction of sp³-hybridized carbons (Fsp3) is 0.426. The number of amidine groups is 1. The fourth-order valence-electron chi connectivity index (χ4n) is 8.69. The second kappa shape index (κ2) is 21.4. The van der Waals surface area contributed by atoms with E-state index in [2.05, 4.69) is 25.4 Å². The number of halogens is 3. The number of piperidine rings is 2. The van der Waals surface area contributed by atoms with Gasteiger partial charge in [0.25, 0.3) is 5.91 Å². The van der Waals surface area contributed by atoms with Crippen molar-refractivity contribution in [3.63, 3.8) is 0 Å². The van der Waals surface area contributed by atoms with Crippen molar-refractivity contribution < 1.29 is 33.0 Å². The van der Waals surface area contributed by atoms with E-state index in [0.29, 0.717) is 102 Å². The maximum atomic E-state index is 14.2. The monoisotopic (exact) mass is 974 g/mol. The van der Waals surface area contributed by atoms with Crippen LogP contribution in [0.2, 0.25) is 10.0 Å². The molecule has 2 atom stereocenters. The Kier molecular flexibility index (Phi) is 15.2. The lowest BCUT2D eigenvalue weighted by Gasteiger charge is -2.32. The average molecular weight is 976 g/mol. The van der Waals surface area contributed by atoms with Crippen LogP contribution in [0.25, 0.3) is 27.0 Å².